The Hall–Kier alpha value is -3.35. The van der Waals surface area contributed by atoms with Crippen LogP contribution in [0.2, 0.25) is 0 Å². The summed E-state index contributed by atoms with van der Waals surface area (Å²) in [6.45, 7) is 3.76. The van der Waals surface area contributed by atoms with Crippen LogP contribution in [-0.4, -0.2) is 35.1 Å². The Bertz CT molecular complexity index is 1420. The molecule has 2 aromatic heterocycles. The zero-order valence-electron chi connectivity index (χ0n) is 19.3. The van der Waals surface area contributed by atoms with Crippen LogP contribution in [0.3, 0.4) is 0 Å². The zero-order chi connectivity index (χ0) is 23.4. The molecule has 0 spiro atoms. The molecule has 2 aliphatic heterocycles. The second kappa shape index (κ2) is 8.15. The van der Waals surface area contributed by atoms with Crippen molar-refractivity contribution in [2.45, 2.75) is 51.5 Å². The number of rotatable bonds is 3. The molecular formula is C27H28N2O5. The van der Waals surface area contributed by atoms with E-state index in [1.807, 2.05) is 34.6 Å². The number of nitrogens with zero attached hydrogens (tertiary/aromatic N) is 2. The quantitative estimate of drug-likeness (QED) is 0.561. The van der Waals surface area contributed by atoms with Crippen LogP contribution in [0.4, 0.5) is 0 Å². The molecule has 3 aromatic rings. The number of pyridine rings is 1. The lowest BCUT2D eigenvalue weighted by Gasteiger charge is -2.42. The average Bonchev–Trinajstić information content (AvgIpc) is 2.83. The molecule has 2 bridgehead atoms. The number of piperidine rings is 1. The van der Waals surface area contributed by atoms with Gasteiger partial charge in [0.15, 0.2) is 6.61 Å². The number of amides is 1. The van der Waals surface area contributed by atoms with Gasteiger partial charge in [-0.05, 0) is 74.3 Å². The van der Waals surface area contributed by atoms with Crippen LogP contribution in [0.5, 0.6) is 5.75 Å². The van der Waals surface area contributed by atoms with Crippen molar-refractivity contribution in [2.24, 2.45) is 5.92 Å². The third kappa shape index (κ3) is 3.54. The second-order valence-electron chi connectivity index (χ2n) is 9.98. The first kappa shape index (κ1) is 21.2. The van der Waals surface area contributed by atoms with Crippen molar-refractivity contribution in [1.82, 2.24) is 9.47 Å². The maximum atomic E-state index is 13.2. The third-order valence-electron chi connectivity index (χ3n) is 7.61. The molecule has 4 heterocycles. The molecule has 0 saturated carbocycles. The Morgan fingerprint density at radius 1 is 1.09 bits per heavy atom. The first-order valence-electron chi connectivity index (χ1n) is 12.2. The minimum atomic E-state index is -0.255. The fourth-order valence-corrected chi connectivity index (χ4v) is 6.11. The summed E-state index contributed by atoms with van der Waals surface area (Å²) >= 11 is 0. The van der Waals surface area contributed by atoms with E-state index in [2.05, 4.69) is 0 Å². The van der Waals surface area contributed by atoms with E-state index in [1.54, 1.807) is 12.1 Å². The first-order chi connectivity index (χ1) is 16.5. The molecule has 1 saturated heterocycles. The average molecular weight is 461 g/mol. The maximum Gasteiger partial charge on any atom is 0.339 e. The van der Waals surface area contributed by atoms with E-state index < -0.39 is 0 Å². The number of hydrogen-bond donors (Lipinski definition) is 0. The Morgan fingerprint density at radius 2 is 1.91 bits per heavy atom. The van der Waals surface area contributed by atoms with Crippen LogP contribution < -0.4 is 15.9 Å². The number of fused-ring (bicyclic) bond motifs is 7. The number of carbonyl (C=O) groups excluding carboxylic acids is 1. The smallest absolute Gasteiger partial charge is 0.339 e. The Kier molecular flexibility index (Phi) is 5.08. The highest BCUT2D eigenvalue weighted by Gasteiger charge is 2.36. The molecule has 0 N–H and O–H groups in total. The number of ether oxygens (including phenoxy) is 1. The van der Waals surface area contributed by atoms with Gasteiger partial charge < -0.3 is 18.6 Å². The van der Waals surface area contributed by atoms with Crippen molar-refractivity contribution in [1.29, 1.82) is 0 Å². The second-order valence-corrected chi connectivity index (χ2v) is 9.98. The highest BCUT2D eigenvalue weighted by Crippen LogP contribution is 2.36. The van der Waals surface area contributed by atoms with Gasteiger partial charge in [0.2, 0.25) is 0 Å². The number of carbonyl (C=O) groups is 1. The van der Waals surface area contributed by atoms with Crippen molar-refractivity contribution in [3.8, 4) is 5.75 Å². The van der Waals surface area contributed by atoms with Gasteiger partial charge in [-0.25, -0.2) is 4.79 Å². The molecule has 176 valence electrons. The van der Waals surface area contributed by atoms with E-state index >= 15 is 0 Å². The normalized spacial score (nSPS) is 21.1. The van der Waals surface area contributed by atoms with Gasteiger partial charge in [0.05, 0.1) is 5.39 Å². The lowest BCUT2D eigenvalue weighted by atomic mass is 9.83. The summed E-state index contributed by atoms with van der Waals surface area (Å²) in [6.07, 6.45) is 4.55. The lowest BCUT2D eigenvalue weighted by Crippen LogP contribution is -2.50. The van der Waals surface area contributed by atoms with E-state index in [0.717, 1.165) is 59.9 Å². The van der Waals surface area contributed by atoms with Crippen molar-refractivity contribution in [2.75, 3.05) is 19.7 Å². The zero-order valence-corrected chi connectivity index (χ0v) is 19.3. The summed E-state index contributed by atoms with van der Waals surface area (Å²) in [6, 6.07) is 9.21. The monoisotopic (exact) mass is 460 g/mol. The minimum absolute atomic E-state index is 0.0385. The fourth-order valence-electron chi connectivity index (χ4n) is 6.11. The van der Waals surface area contributed by atoms with Crippen LogP contribution in [0.1, 0.15) is 47.6 Å². The number of benzene rings is 1. The summed E-state index contributed by atoms with van der Waals surface area (Å²) < 4.78 is 13.6. The van der Waals surface area contributed by atoms with Crippen LogP contribution in [0.15, 0.2) is 44.3 Å². The van der Waals surface area contributed by atoms with Gasteiger partial charge in [-0.15, -0.1) is 0 Å². The molecule has 3 aliphatic rings. The van der Waals surface area contributed by atoms with E-state index in [1.165, 1.54) is 0 Å². The van der Waals surface area contributed by atoms with Crippen LogP contribution >= 0.6 is 0 Å². The van der Waals surface area contributed by atoms with Gasteiger partial charge >= 0.3 is 5.63 Å². The highest BCUT2D eigenvalue weighted by atomic mass is 16.5. The van der Waals surface area contributed by atoms with Gasteiger partial charge in [0.1, 0.15) is 11.3 Å². The van der Waals surface area contributed by atoms with Crippen LogP contribution in [-0.2, 0) is 24.2 Å². The predicted molar refractivity (Wildman–Crippen MR) is 127 cm³/mol. The fraction of sp³-hybridized carbons (Fsp3) is 0.444. The Balaban J connectivity index is 1.25. The number of aromatic nitrogens is 1. The Labute approximate surface area is 196 Å². The van der Waals surface area contributed by atoms with Crippen LogP contribution in [0, 0.1) is 12.8 Å². The van der Waals surface area contributed by atoms with Gasteiger partial charge in [-0.1, -0.05) is 6.07 Å². The summed E-state index contributed by atoms with van der Waals surface area (Å²) in [5.74, 6) is 1.00. The van der Waals surface area contributed by atoms with Gasteiger partial charge in [-0.3, -0.25) is 9.59 Å². The van der Waals surface area contributed by atoms with Crippen LogP contribution in [0.25, 0.3) is 11.0 Å². The predicted octanol–water partition coefficient (Wildman–Crippen LogP) is 3.17. The molecule has 1 aromatic carbocycles. The topological polar surface area (TPSA) is 81.8 Å². The molecule has 34 heavy (non-hydrogen) atoms. The van der Waals surface area contributed by atoms with E-state index in [-0.39, 0.29) is 35.5 Å². The van der Waals surface area contributed by atoms with E-state index in [4.69, 9.17) is 9.15 Å². The highest BCUT2D eigenvalue weighted by molar-refractivity contribution is 5.89. The van der Waals surface area contributed by atoms with Crippen molar-refractivity contribution < 1.29 is 13.9 Å². The van der Waals surface area contributed by atoms with Gasteiger partial charge in [-0.2, -0.15) is 0 Å². The third-order valence-corrected chi connectivity index (χ3v) is 7.61. The Morgan fingerprint density at radius 3 is 2.76 bits per heavy atom. The molecule has 2 atom stereocenters. The summed E-state index contributed by atoms with van der Waals surface area (Å²) in [4.78, 5) is 39.8. The molecule has 7 heteroatoms. The lowest BCUT2D eigenvalue weighted by molar-refractivity contribution is -0.136. The molecular weight excluding hydrogens is 432 g/mol. The van der Waals surface area contributed by atoms with E-state index in [0.29, 0.717) is 31.0 Å². The maximum absolute atomic E-state index is 13.2. The molecule has 7 nitrogen and oxygen atoms in total. The van der Waals surface area contributed by atoms with Crippen molar-refractivity contribution in [3.05, 3.63) is 73.5 Å². The number of likely N-dealkylation sites (tertiary alicyclic amines) is 1. The molecule has 0 radical (unpaired) electrons. The van der Waals surface area contributed by atoms with Gasteiger partial charge in [0, 0.05) is 42.9 Å². The SMILES string of the molecule is Cc1cc(OCC(=O)N2C[C@H]3C[C@@H](C2)c2cccc(=O)n2C3)c2c3c(c(=O)oc2c1)CCCC3. The summed E-state index contributed by atoms with van der Waals surface area (Å²) in [5.41, 5.74) is 4.01. The minimum Gasteiger partial charge on any atom is -0.483 e. The molecule has 1 fully saturated rings. The largest absolute Gasteiger partial charge is 0.483 e. The number of aryl methyl sites for hydroxylation is 2. The molecule has 1 aliphatic carbocycles. The molecule has 0 unspecified atom stereocenters. The van der Waals surface area contributed by atoms with Crippen molar-refractivity contribution in [3.63, 3.8) is 0 Å². The summed E-state index contributed by atoms with van der Waals surface area (Å²) in [7, 11) is 0. The first-order valence-corrected chi connectivity index (χ1v) is 12.2. The van der Waals surface area contributed by atoms with Crippen molar-refractivity contribution >= 4 is 16.9 Å². The van der Waals surface area contributed by atoms with Gasteiger partial charge in [0.25, 0.3) is 11.5 Å². The van der Waals surface area contributed by atoms with E-state index in [9.17, 15) is 14.4 Å². The molecule has 1 amide bonds. The number of hydrogen-bond acceptors (Lipinski definition) is 5. The molecule has 6 rings (SSSR count). The standard InChI is InChI=1S/C27H28N2O5/c1-16-9-22(26-19-5-2-3-6-20(19)27(32)34-23(26)10-16)33-15-25(31)28-12-17-11-18(14-28)21-7-4-8-24(30)29(21)13-17/h4,7-10,17-18H,2-3,5-6,11-15H2,1H3/t17-,18+/m1/s1. The summed E-state index contributed by atoms with van der Waals surface area (Å²) in [5, 5.41) is 0.830.